The Hall–Kier alpha value is -2.61. The summed E-state index contributed by atoms with van der Waals surface area (Å²) in [6, 6.07) is 6.00. The minimum absolute atomic E-state index is 0.0256. The zero-order valence-corrected chi connectivity index (χ0v) is 12.0. The van der Waals surface area contributed by atoms with Crippen LogP contribution in [0, 0.1) is 10.1 Å². The van der Waals surface area contributed by atoms with Gasteiger partial charge in [-0.3, -0.25) is 14.9 Å². The highest BCUT2D eigenvalue weighted by molar-refractivity contribution is 7.10. The van der Waals surface area contributed by atoms with Crippen LogP contribution < -0.4 is 15.8 Å². The second-order valence-corrected chi connectivity index (χ2v) is 5.16. The molecule has 2 rings (SSSR count). The van der Waals surface area contributed by atoms with Crippen LogP contribution in [-0.4, -0.2) is 17.9 Å². The van der Waals surface area contributed by atoms with Gasteiger partial charge in [-0.1, -0.05) is 0 Å². The van der Waals surface area contributed by atoms with Crippen molar-refractivity contribution in [3.8, 4) is 5.75 Å². The molecular weight excluding hydrogens is 294 g/mol. The van der Waals surface area contributed by atoms with Gasteiger partial charge in [0.15, 0.2) is 0 Å². The molecule has 0 spiro atoms. The van der Waals surface area contributed by atoms with Crippen LogP contribution in [-0.2, 0) is 6.54 Å². The molecule has 1 heterocycles. The van der Waals surface area contributed by atoms with E-state index in [4.69, 9.17) is 10.5 Å². The maximum absolute atomic E-state index is 11.0. The largest absolute Gasteiger partial charge is 0.495 e. The van der Waals surface area contributed by atoms with Gasteiger partial charge in [-0.25, -0.2) is 0 Å². The third kappa shape index (κ3) is 3.48. The molecule has 0 fully saturated rings. The zero-order valence-electron chi connectivity index (χ0n) is 11.2. The Morgan fingerprint density at radius 1 is 1.48 bits per heavy atom. The molecule has 7 nitrogen and oxygen atoms in total. The number of nitrogens with one attached hydrogen (secondary N) is 1. The lowest BCUT2D eigenvalue weighted by Gasteiger charge is -2.10. The van der Waals surface area contributed by atoms with E-state index in [1.54, 1.807) is 11.4 Å². The minimum Gasteiger partial charge on any atom is -0.495 e. The standard InChI is InChI=1S/C13H13N3O4S/c1-20-12-3-2-9(16(18)19)5-11(12)15-6-10-4-8(7-21-10)13(14)17/h2-5,7,15H,6H2,1H3,(H2,14,17). The summed E-state index contributed by atoms with van der Waals surface area (Å²) in [7, 11) is 1.49. The van der Waals surface area contributed by atoms with Gasteiger partial charge in [0, 0.05) is 28.9 Å². The highest BCUT2D eigenvalue weighted by Gasteiger charge is 2.12. The van der Waals surface area contributed by atoms with E-state index in [1.807, 2.05) is 0 Å². The fourth-order valence-electron chi connectivity index (χ4n) is 1.73. The van der Waals surface area contributed by atoms with Crippen LogP contribution in [0.3, 0.4) is 0 Å². The number of nitro groups is 1. The number of primary amides is 1. The Morgan fingerprint density at radius 2 is 2.24 bits per heavy atom. The van der Waals surface area contributed by atoms with E-state index in [0.29, 0.717) is 23.5 Å². The lowest BCUT2D eigenvalue weighted by molar-refractivity contribution is -0.384. The number of nitrogens with zero attached hydrogens (tertiary/aromatic N) is 1. The van der Waals surface area contributed by atoms with Crippen molar-refractivity contribution in [2.24, 2.45) is 5.73 Å². The summed E-state index contributed by atoms with van der Waals surface area (Å²) in [5.74, 6) is 0.0257. The molecule has 1 aromatic heterocycles. The van der Waals surface area contributed by atoms with E-state index in [0.717, 1.165) is 4.88 Å². The Morgan fingerprint density at radius 3 is 2.81 bits per heavy atom. The van der Waals surface area contributed by atoms with Crippen molar-refractivity contribution in [2.75, 3.05) is 12.4 Å². The zero-order chi connectivity index (χ0) is 15.4. The number of nitro benzene ring substituents is 1. The number of carbonyl (C=O) groups is 1. The fourth-order valence-corrected chi connectivity index (χ4v) is 2.55. The van der Waals surface area contributed by atoms with E-state index in [9.17, 15) is 14.9 Å². The maximum atomic E-state index is 11.0. The van der Waals surface area contributed by atoms with Gasteiger partial charge < -0.3 is 15.8 Å². The van der Waals surface area contributed by atoms with Crippen LogP contribution in [0.5, 0.6) is 5.75 Å². The Balaban J connectivity index is 2.15. The number of hydrogen-bond donors (Lipinski definition) is 2. The fraction of sp³-hybridized carbons (Fsp3) is 0.154. The number of thiophene rings is 1. The average molecular weight is 307 g/mol. The van der Waals surface area contributed by atoms with Gasteiger partial charge >= 0.3 is 0 Å². The molecule has 8 heteroatoms. The lowest BCUT2D eigenvalue weighted by atomic mass is 10.2. The van der Waals surface area contributed by atoms with Crippen LogP contribution in [0.15, 0.2) is 29.6 Å². The molecule has 3 N–H and O–H groups in total. The molecule has 21 heavy (non-hydrogen) atoms. The van der Waals surface area contributed by atoms with Crippen molar-refractivity contribution in [3.05, 3.63) is 50.2 Å². The Labute approximate surface area is 124 Å². The number of amides is 1. The number of ether oxygens (including phenoxy) is 1. The van der Waals surface area contributed by atoms with E-state index in [1.165, 1.54) is 36.6 Å². The number of rotatable bonds is 6. The van der Waals surface area contributed by atoms with Crippen molar-refractivity contribution in [3.63, 3.8) is 0 Å². The Bertz CT molecular complexity index is 684. The predicted octanol–water partition coefficient (Wildman–Crippen LogP) is 2.38. The molecule has 0 saturated carbocycles. The molecule has 0 aliphatic carbocycles. The highest BCUT2D eigenvalue weighted by atomic mass is 32.1. The number of nitrogens with two attached hydrogens (primary N) is 1. The Kier molecular flexibility index (Phi) is 4.39. The molecule has 0 radical (unpaired) electrons. The summed E-state index contributed by atoms with van der Waals surface area (Å²) in [4.78, 5) is 22.2. The first-order chi connectivity index (χ1) is 10.0. The van der Waals surface area contributed by atoms with Crippen molar-refractivity contribution < 1.29 is 14.5 Å². The number of hydrogen-bond acceptors (Lipinski definition) is 6. The van der Waals surface area contributed by atoms with E-state index in [-0.39, 0.29) is 5.69 Å². The number of anilines is 1. The summed E-state index contributed by atoms with van der Waals surface area (Å²) >= 11 is 1.38. The second kappa shape index (κ2) is 6.23. The number of benzene rings is 1. The highest BCUT2D eigenvalue weighted by Crippen LogP contribution is 2.29. The average Bonchev–Trinajstić information content (AvgIpc) is 2.93. The van der Waals surface area contributed by atoms with Crippen LogP contribution in [0.2, 0.25) is 0 Å². The van der Waals surface area contributed by atoms with Gasteiger partial charge in [-0.05, 0) is 12.1 Å². The van der Waals surface area contributed by atoms with Gasteiger partial charge in [-0.2, -0.15) is 0 Å². The van der Waals surface area contributed by atoms with Crippen molar-refractivity contribution in [2.45, 2.75) is 6.54 Å². The normalized spacial score (nSPS) is 10.1. The molecule has 1 aromatic carbocycles. The van der Waals surface area contributed by atoms with Crippen LogP contribution in [0.1, 0.15) is 15.2 Å². The first kappa shape index (κ1) is 14.8. The smallest absolute Gasteiger partial charge is 0.271 e. The second-order valence-electron chi connectivity index (χ2n) is 4.16. The third-order valence-electron chi connectivity index (χ3n) is 2.79. The van der Waals surface area contributed by atoms with Crippen molar-refractivity contribution >= 4 is 28.6 Å². The topological polar surface area (TPSA) is 107 Å². The number of non-ortho nitro benzene ring substituents is 1. The van der Waals surface area contributed by atoms with Gasteiger partial charge in [0.2, 0.25) is 5.91 Å². The first-order valence-corrected chi connectivity index (χ1v) is 6.82. The molecular formula is C13H13N3O4S. The molecule has 1 amide bonds. The summed E-state index contributed by atoms with van der Waals surface area (Å²) in [5, 5.41) is 15.5. The quantitative estimate of drug-likeness (QED) is 0.629. The molecule has 0 unspecified atom stereocenters. The maximum Gasteiger partial charge on any atom is 0.271 e. The molecule has 0 atom stereocenters. The minimum atomic E-state index is -0.481. The number of methoxy groups -OCH3 is 1. The van der Waals surface area contributed by atoms with Crippen LogP contribution in [0.25, 0.3) is 0 Å². The summed E-state index contributed by atoms with van der Waals surface area (Å²) in [6.45, 7) is 0.412. The van der Waals surface area contributed by atoms with Crippen LogP contribution >= 0.6 is 11.3 Å². The molecule has 0 bridgehead atoms. The summed E-state index contributed by atoms with van der Waals surface area (Å²) in [6.07, 6.45) is 0. The summed E-state index contributed by atoms with van der Waals surface area (Å²) < 4.78 is 5.16. The van der Waals surface area contributed by atoms with E-state index in [2.05, 4.69) is 5.32 Å². The van der Waals surface area contributed by atoms with Gasteiger partial charge in [0.1, 0.15) is 5.75 Å². The van der Waals surface area contributed by atoms with Gasteiger partial charge in [0.25, 0.3) is 5.69 Å². The molecule has 0 saturated heterocycles. The van der Waals surface area contributed by atoms with E-state index < -0.39 is 10.8 Å². The number of carbonyl (C=O) groups excluding carboxylic acids is 1. The van der Waals surface area contributed by atoms with Gasteiger partial charge in [0.05, 0.1) is 23.3 Å². The predicted molar refractivity (Wildman–Crippen MR) is 79.8 cm³/mol. The lowest BCUT2D eigenvalue weighted by Crippen LogP contribution is -2.09. The molecule has 0 aliphatic heterocycles. The molecule has 2 aromatic rings. The SMILES string of the molecule is COc1ccc([N+](=O)[O-])cc1NCc1cc(C(N)=O)cs1. The first-order valence-electron chi connectivity index (χ1n) is 5.94. The summed E-state index contributed by atoms with van der Waals surface area (Å²) in [5.41, 5.74) is 6.12. The molecule has 110 valence electrons. The third-order valence-corrected chi connectivity index (χ3v) is 3.72. The van der Waals surface area contributed by atoms with Crippen molar-refractivity contribution in [1.82, 2.24) is 0 Å². The van der Waals surface area contributed by atoms with E-state index >= 15 is 0 Å². The molecule has 0 aliphatic rings. The van der Waals surface area contributed by atoms with Gasteiger partial charge in [-0.15, -0.1) is 11.3 Å². The monoisotopic (exact) mass is 307 g/mol. The van der Waals surface area contributed by atoms with Crippen molar-refractivity contribution in [1.29, 1.82) is 0 Å². The van der Waals surface area contributed by atoms with Crippen LogP contribution in [0.4, 0.5) is 11.4 Å².